The minimum Gasteiger partial charge on any atom is -0.481 e. The average Bonchev–Trinajstić information content (AvgIpc) is 2.27. The zero-order valence-corrected chi connectivity index (χ0v) is 11.7. The summed E-state index contributed by atoms with van der Waals surface area (Å²) < 4.78 is 30.3. The number of ether oxygens (including phenoxy) is 1. The van der Waals surface area contributed by atoms with Gasteiger partial charge in [-0.05, 0) is 19.8 Å². The Kier molecular flexibility index (Phi) is 9.90. The van der Waals surface area contributed by atoms with Crippen LogP contribution in [0.3, 0.4) is 0 Å². The molecule has 0 saturated heterocycles. The van der Waals surface area contributed by atoms with Crippen molar-refractivity contribution in [2.24, 2.45) is 0 Å². The van der Waals surface area contributed by atoms with Gasteiger partial charge in [0.15, 0.2) is 0 Å². The van der Waals surface area contributed by atoms with Crippen molar-refractivity contribution in [3.63, 3.8) is 0 Å². The van der Waals surface area contributed by atoms with Crippen LogP contribution in [0.15, 0.2) is 0 Å². The Morgan fingerprint density at radius 1 is 1.22 bits per heavy atom. The van der Waals surface area contributed by atoms with Gasteiger partial charge in [-0.1, -0.05) is 12.8 Å². The Balaban J connectivity index is 3.44. The number of unbranched alkanes of at least 4 members (excludes halogenated alkanes) is 3. The molecule has 0 aliphatic carbocycles. The van der Waals surface area contributed by atoms with Gasteiger partial charge in [0.1, 0.15) is 0 Å². The van der Waals surface area contributed by atoms with E-state index >= 15 is 0 Å². The molecule has 2 N–H and O–H groups in total. The van der Waals surface area contributed by atoms with E-state index in [0.29, 0.717) is 19.6 Å². The van der Waals surface area contributed by atoms with Gasteiger partial charge in [-0.15, -0.1) is 0 Å². The van der Waals surface area contributed by atoms with E-state index in [9.17, 15) is 13.2 Å². The highest BCUT2D eigenvalue weighted by molar-refractivity contribution is 7.89. The third-order valence-electron chi connectivity index (χ3n) is 2.34. The molecule has 18 heavy (non-hydrogen) atoms. The lowest BCUT2D eigenvalue weighted by atomic mass is 10.1. The van der Waals surface area contributed by atoms with Crippen LogP contribution in [0.25, 0.3) is 0 Å². The largest absolute Gasteiger partial charge is 0.481 e. The van der Waals surface area contributed by atoms with Gasteiger partial charge in [-0.2, -0.15) is 0 Å². The number of sulfonamides is 1. The van der Waals surface area contributed by atoms with Gasteiger partial charge in [-0.3, -0.25) is 4.79 Å². The van der Waals surface area contributed by atoms with Crippen LogP contribution >= 0.6 is 0 Å². The summed E-state index contributed by atoms with van der Waals surface area (Å²) in [5, 5.41) is 8.42. The molecule has 0 aliphatic heterocycles. The predicted molar refractivity (Wildman–Crippen MR) is 69.0 cm³/mol. The Hall–Kier alpha value is -0.660. The molecule has 0 bridgehead atoms. The van der Waals surface area contributed by atoms with Crippen molar-refractivity contribution in [3.05, 3.63) is 0 Å². The van der Waals surface area contributed by atoms with Crippen molar-refractivity contribution in [2.45, 2.75) is 39.0 Å². The molecular formula is C11H23NO5S. The molecule has 0 atom stereocenters. The third-order valence-corrected chi connectivity index (χ3v) is 3.69. The Morgan fingerprint density at radius 2 is 1.89 bits per heavy atom. The maximum Gasteiger partial charge on any atom is 0.303 e. The normalized spacial score (nSPS) is 11.6. The van der Waals surface area contributed by atoms with Crippen molar-refractivity contribution < 1.29 is 23.1 Å². The average molecular weight is 281 g/mol. The van der Waals surface area contributed by atoms with Crippen LogP contribution in [-0.4, -0.2) is 45.0 Å². The first kappa shape index (κ1) is 17.3. The zero-order chi connectivity index (χ0) is 13.9. The molecule has 0 fully saturated rings. The molecule has 7 heteroatoms. The van der Waals surface area contributed by atoms with Crippen LogP contribution in [0.2, 0.25) is 0 Å². The summed E-state index contributed by atoms with van der Waals surface area (Å²) in [6.45, 7) is 2.95. The van der Waals surface area contributed by atoms with Gasteiger partial charge in [0.05, 0.1) is 12.4 Å². The molecule has 0 aliphatic rings. The lowest BCUT2D eigenvalue weighted by Crippen LogP contribution is -2.29. The Bertz CT molecular complexity index is 315. The number of aliphatic carboxylic acids is 1. The van der Waals surface area contributed by atoms with Gasteiger partial charge < -0.3 is 9.84 Å². The van der Waals surface area contributed by atoms with E-state index in [1.165, 1.54) is 0 Å². The van der Waals surface area contributed by atoms with Gasteiger partial charge in [0.2, 0.25) is 10.0 Å². The molecule has 108 valence electrons. The van der Waals surface area contributed by atoms with Crippen molar-refractivity contribution in [1.82, 2.24) is 4.72 Å². The van der Waals surface area contributed by atoms with Gasteiger partial charge in [0.25, 0.3) is 0 Å². The molecule has 0 saturated carbocycles. The monoisotopic (exact) mass is 281 g/mol. The van der Waals surface area contributed by atoms with Crippen LogP contribution in [0.5, 0.6) is 0 Å². The number of carbonyl (C=O) groups is 1. The van der Waals surface area contributed by atoms with E-state index in [1.807, 2.05) is 6.92 Å². The molecule has 6 nitrogen and oxygen atoms in total. The van der Waals surface area contributed by atoms with E-state index in [2.05, 4.69) is 4.72 Å². The fraction of sp³-hybridized carbons (Fsp3) is 0.909. The first-order chi connectivity index (χ1) is 8.48. The van der Waals surface area contributed by atoms with Crippen LogP contribution in [0, 0.1) is 0 Å². The summed E-state index contributed by atoms with van der Waals surface area (Å²) in [5.74, 6) is -0.800. The van der Waals surface area contributed by atoms with E-state index in [0.717, 1.165) is 19.3 Å². The van der Waals surface area contributed by atoms with Crippen LogP contribution in [0.4, 0.5) is 0 Å². The highest BCUT2D eigenvalue weighted by Gasteiger charge is 2.08. The van der Waals surface area contributed by atoms with Crippen molar-refractivity contribution >= 4 is 16.0 Å². The Morgan fingerprint density at radius 3 is 2.50 bits per heavy atom. The van der Waals surface area contributed by atoms with Crippen molar-refractivity contribution in [1.29, 1.82) is 0 Å². The standard InChI is InChI=1S/C11H23NO5S/c1-2-17-9-10-18(15,16)12-8-6-4-3-5-7-11(13)14/h12H,2-10H2,1H3,(H,13,14). The fourth-order valence-electron chi connectivity index (χ4n) is 1.37. The summed E-state index contributed by atoms with van der Waals surface area (Å²) in [6, 6.07) is 0. The maximum absolute atomic E-state index is 11.4. The van der Waals surface area contributed by atoms with Gasteiger partial charge >= 0.3 is 5.97 Å². The van der Waals surface area contributed by atoms with E-state index in [4.69, 9.17) is 9.84 Å². The number of nitrogens with one attached hydrogen (secondary N) is 1. The number of carboxylic acids is 1. The zero-order valence-electron chi connectivity index (χ0n) is 10.9. The SMILES string of the molecule is CCOCCS(=O)(=O)NCCCCCCC(=O)O. The van der Waals surface area contributed by atoms with Crippen LogP contribution < -0.4 is 4.72 Å². The topological polar surface area (TPSA) is 92.7 Å². The smallest absolute Gasteiger partial charge is 0.303 e. The first-order valence-corrected chi connectivity index (χ1v) is 7.90. The molecule has 0 amide bonds. The molecular weight excluding hydrogens is 258 g/mol. The molecule has 0 heterocycles. The summed E-state index contributed by atoms with van der Waals surface area (Å²) in [5.41, 5.74) is 0. The first-order valence-electron chi connectivity index (χ1n) is 6.25. The van der Waals surface area contributed by atoms with Crippen molar-refractivity contribution in [2.75, 3.05) is 25.5 Å². The molecule has 0 aromatic carbocycles. The second kappa shape index (κ2) is 10.3. The lowest BCUT2D eigenvalue weighted by Gasteiger charge is -2.06. The minimum absolute atomic E-state index is 0.0140. The number of hydrogen-bond donors (Lipinski definition) is 2. The molecule has 0 aromatic rings. The molecule has 0 spiro atoms. The summed E-state index contributed by atoms with van der Waals surface area (Å²) >= 11 is 0. The highest BCUT2D eigenvalue weighted by atomic mass is 32.2. The number of rotatable bonds is 12. The van der Waals surface area contributed by atoms with Gasteiger partial charge in [-0.25, -0.2) is 13.1 Å². The van der Waals surface area contributed by atoms with E-state index in [-0.39, 0.29) is 18.8 Å². The van der Waals surface area contributed by atoms with Crippen LogP contribution in [0.1, 0.15) is 39.0 Å². The summed E-state index contributed by atoms with van der Waals surface area (Å²) in [7, 11) is -3.23. The summed E-state index contributed by atoms with van der Waals surface area (Å²) in [6.07, 6.45) is 3.20. The van der Waals surface area contributed by atoms with Gasteiger partial charge in [0, 0.05) is 19.6 Å². The lowest BCUT2D eigenvalue weighted by molar-refractivity contribution is -0.137. The van der Waals surface area contributed by atoms with E-state index in [1.54, 1.807) is 0 Å². The quantitative estimate of drug-likeness (QED) is 0.520. The van der Waals surface area contributed by atoms with Crippen molar-refractivity contribution in [3.8, 4) is 0 Å². The predicted octanol–water partition coefficient (Wildman–Crippen LogP) is 0.977. The molecule has 0 radical (unpaired) electrons. The second-order valence-electron chi connectivity index (χ2n) is 3.97. The fourth-order valence-corrected chi connectivity index (χ4v) is 2.30. The Labute approximate surface area is 109 Å². The number of hydrogen-bond acceptors (Lipinski definition) is 4. The minimum atomic E-state index is -3.23. The second-order valence-corrected chi connectivity index (χ2v) is 5.89. The number of carboxylic acid groups (broad SMARTS) is 1. The summed E-state index contributed by atoms with van der Waals surface area (Å²) in [4.78, 5) is 10.2. The van der Waals surface area contributed by atoms with E-state index < -0.39 is 16.0 Å². The highest BCUT2D eigenvalue weighted by Crippen LogP contribution is 2.02. The molecule has 0 unspecified atom stereocenters. The molecule has 0 aromatic heterocycles. The maximum atomic E-state index is 11.4. The third kappa shape index (κ3) is 11.8. The van der Waals surface area contributed by atoms with Crippen LogP contribution in [-0.2, 0) is 19.6 Å². The molecule has 0 rings (SSSR count).